The van der Waals surface area contributed by atoms with Gasteiger partial charge in [0.2, 0.25) is 11.8 Å². The lowest BCUT2D eigenvalue weighted by atomic mass is 10.0. The maximum absolute atomic E-state index is 13.2. The number of amides is 3. The van der Waals surface area contributed by atoms with Gasteiger partial charge >= 0.3 is 6.09 Å². The van der Waals surface area contributed by atoms with Crippen LogP contribution in [0.15, 0.2) is 67.3 Å². The minimum atomic E-state index is -0.576. The number of benzene rings is 2. The number of likely N-dealkylation sites (tertiary alicyclic amines) is 1. The number of methoxy groups -OCH3 is 2. The molecular formula is C42H57N8O6P. The van der Waals surface area contributed by atoms with E-state index in [1.54, 1.807) is 6.33 Å². The van der Waals surface area contributed by atoms with Crippen molar-refractivity contribution in [3.05, 3.63) is 73.1 Å². The standard InChI is InChI=1S/C28H32N6O.C12H21N2O3P.C2H4O2/c1-18(2)26(29-3)28(35)34-14-4-5-25(34)27-31-16-24(33-27)22-12-8-20(9-13-22)19-6-10-21(11-7-19)23-15-30-17-32-23;1-8(2)14(13-12(16)17-3)11(15)10-6-9-4-5-18(10)7-9;1-4-2-3/h6-13,15-18,25-26,29H,4-5,14H2,1-3H3,(H,30,32)(H,31,33);8-10H,4-7H2,1-3H3,(H,13,16);2H,1H3/t;9?,10-,18?;/m.1./s1. The number of fused-ring (bicyclic) bond motifs is 2. The summed E-state index contributed by atoms with van der Waals surface area (Å²) >= 11 is 0. The minimum Gasteiger partial charge on any atom is -0.471 e. The first-order valence-electron chi connectivity index (χ1n) is 19.6. The van der Waals surface area contributed by atoms with Crippen molar-refractivity contribution < 1.29 is 28.7 Å². The second-order valence-corrected chi connectivity index (χ2v) is 17.8. The fourth-order valence-electron chi connectivity index (χ4n) is 7.79. The molecule has 5 heterocycles. The molecule has 2 bridgehead atoms. The second-order valence-electron chi connectivity index (χ2n) is 15.1. The van der Waals surface area contributed by atoms with Gasteiger partial charge in [-0.05, 0) is 93.0 Å². The Kier molecular flexibility index (Phi) is 15.4. The van der Waals surface area contributed by atoms with Gasteiger partial charge in [0.25, 0.3) is 6.47 Å². The van der Waals surface area contributed by atoms with Gasteiger partial charge in [-0.1, -0.05) is 70.3 Å². The summed E-state index contributed by atoms with van der Waals surface area (Å²) in [6.07, 6.45) is 11.5. The first-order valence-corrected chi connectivity index (χ1v) is 21.4. The van der Waals surface area contributed by atoms with Crippen LogP contribution in [-0.2, 0) is 23.9 Å². The number of aromatic amines is 2. The summed E-state index contributed by atoms with van der Waals surface area (Å²) < 4.78 is 8.43. The van der Waals surface area contributed by atoms with Crippen LogP contribution in [0.25, 0.3) is 33.6 Å². The van der Waals surface area contributed by atoms with Gasteiger partial charge in [0.15, 0.2) is 0 Å². The number of hydrogen-bond donors (Lipinski definition) is 4. The van der Waals surface area contributed by atoms with Crippen molar-refractivity contribution in [3.8, 4) is 33.6 Å². The summed E-state index contributed by atoms with van der Waals surface area (Å²) in [7, 11) is 4.33. The highest BCUT2D eigenvalue weighted by Crippen LogP contribution is 2.60. The average molecular weight is 801 g/mol. The number of aromatic nitrogens is 4. The largest absolute Gasteiger partial charge is 0.471 e. The number of nitrogens with zero attached hydrogens (tertiary/aromatic N) is 4. The quantitative estimate of drug-likeness (QED) is 0.0783. The molecule has 4 aromatic rings. The molecule has 0 aliphatic carbocycles. The summed E-state index contributed by atoms with van der Waals surface area (Å²) in [5, 5.41) is 4.63. The van der Waals surface area contributed by atoms with Crippen molar-refractivity contribution in [1.82, 2.24) is 40.6 Å². The summed E-state index contributed by atoms with van der Waals surface area (Å²) in [6.45, 7) is 9.10. The second kappa shape index (κ2) is 20.4. The van der Waals surface area contributed by atoms with Gasteiger partial charge in [-0.3, -0.25) is 14.4 Å². The number of H-pyrrole nitrogens is 2. The molecular weight excluding hydrogens is 743 g/mol. The molecule has 3 aliphatic heterocycles. The molecule has 0 spiro atoms. The Morgan fingerprint density at radius 2 is 1.58 bits per heavy atom. The number of ether oxygens (including phenoxy) is 2. The van der Waals surface area contributed by atoms with Crippen LogP contribution in [0.4, 0.5) is 4.79 Å². The predicted molar refractivity (Wildman–Crippen MR) is 222 cm³/mol. The molecule has 5 atom stereocenters. The third-order valence-electron chi connectivity index (χ3n) is 10.8. The maximum Gasteiger partial charge on any atom is 0.425 e. The molecule has 306 valence electrons. The van der Waals surface area contributed by atoms with Gasteiger partial charge in [-0.2, -0.15) is 0 Å². The molecule has 3 fully saturated rings. The predicted octanol–water partition coefficient (Wildman–Crippen LogP) is 6.60. The van der Waals surface area contributed by atoms with Crippen molar-refractivity contribution in [1.29, 1.82) is 0 Å². The number of carbonyl (C=O) groups is 4. The van der Waals surface area contributed by atoms with E-state index in [-0.39, 0.29) is 49.4 Å². The lowest BCUT2D eigenvalue weighted by Crippen LogP contribution is -2.53. The van der Waals surface area contributed by atoms with E-state index in [0.717, 1.165) is 71.2 Å². The molecule has 4 unspecified atom stereocenters. The van der Waals surface area contributed by atoms with Crippen molar-refractivity contribution in [3.63, 3.8) is 0 Å². The molecule has 2 aromatic carbocycles. The fraction of sp³-hybridized carbons (Fsp3) is 0.476. The third-order valence-corrected chi connectivity index (χ3v) is 13.9. The minimum absolute atomic E-state index is 0.00138. The Morgan fingerprint density at radius 1 is 0.947 bits per heavy atom. The van der Waals surface area contributed by atoms with Crippen LogP contribution in [0.2, 0.25) is 0 Å². The molecule has 14 nitrogen and oxygen atoms in total. The highest BCUT2D eigenvalue weighted by atomic mass is 31.1. The molecule has 0 saturated carbocycles. The van der Waals surface area contributed by atoms with Gasteiger partial charge < -0.3 is 29.7 Å². The van der Waals surface area contributed by atoms with Crippen LogP contribution >= 0.6 is 7.92 Å². The number of hydrogen-bond acceptors (Lipinski definition) is 9. The Hall–Kier alpha value is -5.07. The number of imidazole rings is 2. The fourth-order valence-corrected chi connectivity index (χ4v) is 11.3. The zero-order valence-corrected chi connectivity index (χ0v) is 34.9. The highest BCUT2D eigenvalue weighted by molar-refractivity contribution is 7.60. The lowest BCUT2D eigenvalue weighted by molar-refractivity contribution is -0.136. The van der Waals surface area contributed by atoms with E-state index in [2.05, 4.69) is 103 Å². The zero-order chi connectivity index (χ0) is 41.1. The first kappa shape index (κ1) is 43.1. The number of rotatable bonds is 10. The van der Waals surface area contributed by atoms with Crippen LogP contribution in [-0.4, -0.2) is 112 Å². The normalized spacial score (nSPS) is 19.9. The Morgan fingerprint density at radius 3 is 2.07 bits per heavy atom. The van der Waals surface area contributed by atoms with Crippen molar-refractivity contribution in [2.24, 2.45) is 11.8 Å². The Balaban J connectivity index is 0.000000236. The van der Waals surface area contributed by atoms with Crippen molar-refractivity contribution >= 4 is 32.3 Å². The number of likely N-dealkylation sites (N-methyl/N-ethyl adjacent to an activating group) is 1. The van der Waals surface area contributed by atoms with E-state index in [9.17, 15) is 14.4 Å². The van der Waals surface area contributed by atoms with Crippen LogP contribution < -0.4 is 10.7 Å². The Labute approximate surface area is 336 Å². The van der Waals surface area contributed by atoms with E-state index in [4.69, 9.17) is 4.79 Å². The summed E-state index contributed by atoms with van der Waals surface area (Å²) in [5.41, 5.74) is 9.17. The van der Waals surface area contributed by atoms with Gasteiger partial charge in [0.1, 0.15) is 5.82 Å². The summed E-state index contributed by atoms with van der Waals surface area (Å²) in [5.74, 6) is 2.08. The summed E-state index contributed by atoms with van der Waals surface area (Å²) in [4.78, 5) is 63.3. The number of nitrogens with one attached hydrogen (secondary N) is 4. The van der Waals surface area contributed by atoms with E-state index in [1.165, 1.54) is 38.0 Å². The molecule has 4 N–H and O–H groups in total. The van der Waals surface area contributed by atoms with Gasteiger partial charge in [0, 0.05) is 12.6 Å². The maximum atomic E-state index is 13.2. The molecule has 3 aliphatic rings. The first-order chi connectivity index (χ1) is 27.5. The van der Waals surface area contributed by atoms with E-state index >= 15 is 0 Å². The molecule has 2 aromatic heterocycles. The van der Waals surface area contributed by atoms with Gasteiger partial charge in [0.05, 0.1) is 62.1 Å². The molecule has 3 amide bonds. The van der Waals surface area contributed by atoms with E-state index in [1.807, 2.05) is 38.2 Å². The van der Waals surface area contributed by atoms with Crippen LogP contribution in [0.1, 0.15) is 65.2 Å². The molecule has 15 heteroatoms. The lowest BCUT2D eigenvalue weighted by Gasteiger charge is -2.31. The van der Waals surface area contributed by atoms with Crippen molar-refractivity contribution in [2.45, 2.75) is 77.2 Å². The van der Waals surface area contributed by atoms with Crippen LogP contribution in [0, 0.1) is 11.8 Å². The average Bonchev–Trinajstić information content (AvgIpc) is 4.09. The SMILES string of the molecule is CNC(C(=O)N1CCCC1c1ncc(-c2ccc(-c3ccc(-c4cnc[nH]4)cc3)cc2)[nH]1)C(C)C.COC(=O)NN(C(=O)[C@H]1CC2CCP1C2)C(C)C.COC=O. The molecule has 57 heavy (non-hydrogen) atoms. The molecule has 3 saturated heterocycles. The topological polar surface area (TPSA) is 175 Å². The Bertz CT molecular complexity index is 1900. The zero-order valence-electron chi connectivity index (χ0n) is 34.0. The molecule has 7 rings (SSSR count). The van der Waals surface area contributed by atoms with Crippen molar-refractivity contribution in [2.75, 3.05) is 40.1 Å². The summed E-state index contributed by atoms with van der Waals surface area (Å²) in [6, 6.07) is 16.7. The number of carbonyl (C=O) groups excluding carboxylic acids is 4. The molecule has 0 radical (unpaired) electrons. The smallest absolute Gasteiger partial charge is 0.425 e. The monoisotopic (exact) mass is 800 g/mol. The van der Waals surface area contributed by atoms with E-state index < -0.39 is 6.09 Å². The highest BCUT2D eigenvalue weighted by Gasteiger charge is 2.45. The number of hydrazine groups is 1. The third kappa shape index (κ3) is 10.7. The van der Waals surface area contributed by atoms with Gasteiger partial charge in [-0.25, -0.2) is 25.2 Å². The van der Waals surface area contributed by atoms with Crippen LogP contribution in [0.3, 0.4) is 0 Å². The van der Waals surface area contributed by atoms with Gasteiger partial charge in [-0.15, -0.1) is 0 Å². The van der Waals surface area contributed by atoms with E-state index in [0.29, 0.717) is 6.47 Å². The van der Waals surface area contributed by atoms with Crippen LogP contribution in [0.5, 0.6) is 0 Å².